The number of nitrogens with zero attached hydrogens (tertiary/aromatic N) is 2. The van der Waals surface area contributed by atoms with Crippen LogP contribution in [0.1, 0.15) is 73.0 Å². The number of fused-ring (bicyclic) bond motifs is 1. The fourth-order valence-corrected chi connectivity index (χ4v) is 10.2. The average molecular weight is 803 g/mol. The van der Waals surface area contributed by atoms with Crippen molar-refractivity contribution in [2.75, 3.05) is 4.90 Å². The number of hydrogen-bond acceptors (Lipinski definition) is 2. The van der Waals surface area contributed by atoms with Gasteiger partial charge in [-0.1, -0.05) is 0 Å². The van der Waals surface area contributed by atoms with Gasteiger partial charge in [-0.05, 0) is 0 Å². The predicted octanol–water partition coefficient (Wildman–Crippen LogP) is 12.4. The maximum atomic E-state index is 7.26. The van der Waals surface area contributed by atoms with Gasteiger partial charge in [-0.15, -0.1) is 0 Å². The van der Waals surface area contributed by atoms with Crippen LogP contribution in [-0.2, 0) is 18.7 Å². The number of benzene rings is 6. The van der Waals surface area contributed by atoms with Crippen LogP contribution in [0.4, 0.5) is 5.69 Å². The van der Waals surface area contributed by atoms with Crippen molar-refractivity contribution in [3.05, 3.63) is 237 Å². The van der Waals surface area contributed by atoms with Gasteiger partial charge in [0, 0.05) is 0 Å². The topological polar surface area (TPSA) is 6.48 Å². The molecule has 0 radical (unpaired) electrons. The van der Waals surface area contributed by atoms with Gasteiger partial charge in [-0.3, -0.25) is 0 Å². The van der Waals surface area contributed by atoms with E-state index in [1.165, 1.54) is 72.6 Å². The molecule has 1 unspecified atom stereocenters. The van der Waals surface area contributed by atoms with Gasteiger partial charge in [0.05, 0.1) is 0 Å². The first-order valence-corrected chi connectivity index (χ1v) is 21.0. The summed E-state index contributed by atoms with van der Waals surface area (Å²) in [6.07, 6.45) is 9.04. The van der Waals surface area contributed by atoms with E-state index in [-0.39, 0.29) is 34.9 Å². The van der Waals surface area contributed by atoms with E-state index >= 15 is 0 Å². The second-order valence-electron chi connectivity index (χ2n) is 14.2. The standard InChI is InChI=1S/C49H43N2.Ag.ClH/c1-34-28-36(3)46(37(4)29-34)45-27-17-26-42-32-50(33-51(42)45)49-43(47(38-18-9-5-10-19-38)39-20-11-6-12-21-39)30-35(2)31-44(49)48(40-22-13-7-14-23-40)41-24-15-8-16-25-41;;/h5-33,47-48H,1-4H3;;1H/q;+1;/p-1. The first-order chi connectivity index (χ1) is 25.9. The molecule has 2 aliphatic rings. The van der Waals surface area contributed by atoms with Crippen molar-refractivity contribution in [3.63, 3.8) is 0 Å². The van der Waals surface area contributed by atoms with Gasteiger partial charge in [0.15, 0.2) is 0 Å². The molecule has 0 fully saturated rings. The third-order valence-corrected chi connectivity index (χ3v) is 12.2. The van der Waals surface area contributed by atoms with Crippen molar-refractivity contribution in [2.45, 2.75) is 43.9 Å². The minimum atomic E-state index is -0.134. The van der Waals surface area contributed by atoms with E-state index in [9.17, 15) is 0 Å². The van der Waals surface area contributed by atoms with Crippen LogP contribution >= 0.6 is 9.19 Å². The van der Waals surface area contributed by atoms with E-state index in [1.54, 1.807) is 0 Å². The summed E-state index contributed by atoms with van der Waals surface area (Å²) in [6.45, 7) is 8.89. The van der Waals surface area contributed by atoms with E-state index in [2.05, 4.69) is 208 Å². The van der Waals surface area contributed by atoms with Crippen molar-refractivity contribution in [3.8, 4) is 0 Å². The molecule has 0 saturated heterocycles. The monoisotopic (exact) mass is 801 g/mol. The van der Waals surface area contributed by atoms with Gasteiger partial charge in [-0.25, -0.2) is 0 Å². The molecule has 53 heavy (non-hydrogen) atoms. The fraction of sp³-hybridized carbons (Fsp3) is 0.143. The first kappa shape index (κ1) is 35.2. The Bertz CT molecular complexity index is 2130. The van der Waals surface area contributed by atoms with Gasteiger partial charge in [0.1, 0.15) is 0 Å². The van der Waals surface area contributed by atoms with Gasteiger partial charge < -0.3 is 0 Å². The third-order valence-electron chi connectivity index (χ3n) is 10.4. The summed E-state index contributed by atoms with van der Waals surface area (Å²) in [5, 5.41) is 0. The molecular weight excluding hydrogens is 760 g/mol. The minimum absolute atomic E-state index is 0.0130. The summed E-state index contributed by atoms with van der Waals surface area (Å²) in [5.41, 5.74) is 17.4. The Kier molecular flexibility index (Phi) is 10.1. The van der Waals surface area contributed by atoms with Crippen LogP contribution in [0, 0.1) is 27.7 Å². The van der Waals surface area contributed by atoms with Crippen molar-refractivity contribution < 1.29 is 18.7 Å². The van der Waals surface area contributed by atoms with Crippen molar-refractivity contribution in [1.29, 1.82) is 0 Å². The van der Waals surface area contributed by atoms with E-state index in [0.29, 0.717) is 0 Å². The molecule has 8 rings (SSSR count). The summed E-state index contributed by atoms with van der Waals surface area (Å²) >= 11 is 0.0644. The summed E-state index contributed by atoms with van der Waals surface area (Å²) < 4.78 is -0.134. The quantitative estimate of drug-likeness (QED) is 0.106. The van der Waals surface area contributed by atoms with Crippen LogP contribution in [-0.4, -0.2) is 9.28 Å². The van der Waals surface area contributed by atoms with Crippen molar-refractivity contribution >= 4 is 20.6 Å². The third kappa shape index (κ3) is 6.78. The molecule has 0 saturated carbocycles. The number of halogens is 1. The summed E-state index contributed by atoms with van der Waals surface area (Å²) in [4.78, 5) is 4.98. The summed E-state index contributed by atoms with van der Waals surface area (Å²) in [7, 11) is 7.26. The van der Waals surface area contributed by atoms with Gasteiger partial charge in [-0.2, -0.15) is 0 Å². The molecule has 0 N–H and O–H groups in total. The number of anilines is 1. The maximum absolute atomic E-state index is 7.26. The van der Waals surface area contributed by atoms with E-state index in [1.807, 2.05) is 0 Å². The van der Waals surface area contributed by atoms with Crippen LogP contribution in [0.15, 0.2) is 176 Å². The molecule has 4 heteroatoms. The van der Waals surface area contributed by atoms with Gasteiger partial charge in [0.2, 0.25) is 0 Å². The Morgan fingerprint density at radius 3 is 1.40 bits per heavy atom. The van der Waals surface area contributed by atoms with Crippen LogP contribution in [0.3, 0.4) is 0 Å². The Morgan fingerprint density at radius 2 is 0.981 bits per heavy atom. The van der Waals surface area contributed by atoms with Gasteiger partial charge in [0.25, 0.3) is 0 Å². The molecule has 1 atom stereocenters. The second-order valence-corrected chi connectivity index (χ2v) is 16.0. The average Bonchev–Trinajstić information content (AvgIpc) is 3.55. The molecule has 2 nitrogen and oxygen atoms in total. The Labute approximate surface area is 327 Å². The SMILES string of the molecule is Cc1cc(C)c(C2=CC=CC3=CN(c4c(C(c5ccccc5)c5ccccc5)cc(C)cc4C(c4ccccc4)c4ccccc4)[CH]([Ag][Cl])N32)c(C)c1. The van der Waals surface area contributed by atoms with Crippen LogP contribution in [0.2, 0.25) is 0 Å². The van der Waals surface area contributed by atoms with Crippen LogP contribution in [0.5, 0.6) is 0 Å². The van der Waals surface area contributed by atoms with E-state index in [0.717, 1.165) is 5.70 Å². The number of rotatable bonds is 9. The summed E-state index contributed by atoms with van der Waals surface area (Å²) in [5.74, 6) is -0.0259. The zero-order chi connectivity index (χ0) is 36.5. The Morgan fingerprint density at radius 1 is 0.566 bits per heavy atom. The van der Waals surface area contributed by atoms with Crippen molar-refractivity contribution in [2.24, 2.45) is 0 Å². The number of hydrogen-bond donors (Lipinski definition) is 0. The van der Waals surface area contributed by atoms with Crippen molar-refractivity contribution in [1.82, 2.24) is 4.90 Å². The molecule has 2 aliphatic heterocycles. The summed E-state index contributed by atoms with van der Waals surface area (Å²) in [6, 6.07) is 53.3. The van der Waals surface area contributed by atoms with Gasteiger partial charge >= 0.3 is 330 Å². The van der Waals surface area contributed by atoms with Crippen LogP contribution < -0.4 is 4.90 Å². The molecule has 0 aliphatic carbocycles. The Balaban J connectivity index is 1.42. The molecular formula is C49H43AgClN2. The molecule has 0 bridgehead atoms. The second kappa shape index (κ2) is 15.3. The molecule has 0 spiro atoms. The normalized spacial score (nSPS) is 15.3. The molecule has 6 aromatic rings. The zero-order valence-corrected chi connectivity index (χ0v) is 32.7. The molecule has 6 aromatic carbocycles. The predicted molar refractivity (Wildman–Crippen MR) is 219 cm³/mol. The first-order valence-electron chi connectivity index (χ1n) is 18.2. The van der Waals surface area contributed by atoms with Crippen LogP contribution in [0.25, 0.3) is 5.70 Å². The molecule has 267 valence electrons. The molecule has 2 heterocycles. The van der Waals surface area contributed by atoms with E-state index in [4.69, 9.17) is 9.19 Å². The number of allylic oxidation sites excluding steroid dienone is 3. The van der Waals surface area contributed by atoms with E-state index < -0.39 is 0 Å². The molecule has 0 amide bonds. The fourth-order valence-electron chi connectivity index (χ4n) is 8.45. The molecule has 0 aromatic heterocycles. The number of aryl methyl sites for hydroxylation is 4. The zero-order valence-electron chi connectivity index (χ0n) is 30.5. The Hall–Kier alpha value is -4.83.